The van der Waals surface area contributed by atoms with Gasteiger partial charge >= 0.3 is 0 Å². The Kier molecular flexibility index (Phi) is 7.20. The van der Waals surface area contributed by atoms with Crippen LogP contribution in [0.25, 0.3) is 11.0 Å². The topological polar surface area (TPSA) is 84.4 Å². The number of likely N-dealkylation sites (tertiary alicyclic amines) is 1. The average molecular weight is 531 g/mol. The van der Waals surface area contributed by atoms with E-state index in [4.69, 9.17) is 10.2 Å². The van der Waals surface area contributed by atoms with Gasteiger partial charge in [0.1, 0.15) is 11.3 Å². The highest BCUT2D eigenvalue weighted by Gasteiger charge is 2.34. The van der Waals surface area contributed by atoms with E-state index in [1.165, 1.54) is 5.56 Å². The van der Waals surface area contributed by atoms with Gasteiger partial charge in [-0.2, -0.15) is 0 Å². The third kappa shape index (κ3) is 5.41. The SMILES string of the molecule is Cc1ccc([C@@H](NC(=O)Cc2ccc3oc(C(c4ccncc4)N4CC(N)C4)cc3c2)c2ccccc2)c(C)c1. The summed E-state index contributed by atoms with van der Waals surface area (Å²) in [5.74, 6) is 0.842. The lowest BCUT2D eigenvalue weighted by atomic mass is 9.93. The van der Waals surface area contributed by atoms with E-state index in [0.29, 0.717) is 0 Å². The van der Waals surface area contributed by atoms with E-state index in [1.807, 2.05) is 54.9 Å². The Labute approximate surface area is 234 Å². The molecule has 3 N–H and O–H groups in total. The van der Waals surface area contributed by atoms with Crippen molar-refractivity contribution in [3.8, 4) is 0 Å². The first-order valence-electron chi connectivity index (χ1n) is 13.8. The second kappa shape index (κ2) is 11.1. The minimum absolute atomic E-state index is 0.0219. The second-order valence-electron chi connectivity index (χ2n) is 10.9. The Bertz CT molecular complexity index is 1620. The van der Waals surface area contributed by atoms with Gasteiger partial charge in [-0.1, -0.05) is 60.2 Å². The molecule has 6 nitrogen and oxygen atoms in total. The normalized spacial score (nSPS) is 15.5. The first kappa shape index (κ1) is 26.0. The number of nitrogens with zero attached hydrogens (tertiary/aromatic N) is 2. The Morgan fingerprint density at radius 1 is 0.975 bits per heavy atom. The third-order valence-electron chi connectivity index (χ3n) is 7.73. The molecule has 0 bridgehead atoms. The van der Waals surface area contributed by atoms with Gasteiger partial charge in [0.05, 0.1) is 18.5 Å². The number of amides is 1. The van der Waals surface area contributed by atoms with Crippen molar-refractivity contribution >= 4 is 16.9 Å². The van der Waals surface area contributed by atoms with Crippen molar-refractivity contribution in [2.45, 2.75) is 38.4 Å². The molecule has 3 heterocycles. The molecule has 2 atom stereocenters. The maximum Gasteiger partial charge on any atom is 0.225 e. The zero-order valence-corrected chi connectivity index (χ0v) is 22.9. The molecule has 6 rings (SSSR count). The first-order valence-corrected chi connectivity index (χ1v) is 13.8. The number of hydrogen-bond donors (Lipinski definition) is 2. The molecule has 1 aliphatic heterocycles. The van der Waals surface area contributed by atoms with Gasteiger partial charge < -0.3 is 15.5 Å². The summed E-state index contributed by atoms with van der Waals surface area (Å²) in [5.41, 5.74) is 13.5. The van der Waals surface area contributed by atoms with Crippen molar-refractivity contribution < 1.29 is 9.21 Å². The molecule has 0 spiro atoms. The molecule has 40 heavy (non-hydrogen) atoms. The van der Waals surface area contributed by atoms with Crippen LogP contribution in [-0.2, 0) is 11.2 Å². The number of fused-ring (bicyclic) bond motifs is 1. The molecule has 1 aliphatic rings. The summed E-state index contributed by atoms with van der Waals surface area (Å²) >= 11 is 0. The van der Waals surface area contributed by atoms with Crippen molar-refractivity contribution in [2.24, 2.45) is 5.73 Å². The number of aryl methyl sites for hydroxylation is 2. The zero-order valence-electron chi connectivity index (χ0n) is 22.9. The predicted octanol–water partition coefficient (Wildman–Crippen LogP) is 5.63. The molecule has 6 heteroatoms. The lowest BCUT2D eigenvalue weighted by molar-refractivity contribution is -0.120. The molecule has 1 unspecified atom stereocenters. The van der Waals surface area contributed by atoms with E-state index >= 15 is 0 Å². The van der Waals surface area contributed by atoms with Crippen molar-refractivity contribution in [2.75, 3.05) is 13.1 Å². The van der Waals surface area contributed by atoms with Crippen molar-refractivity contribution in [3.63, 3.8) is 0 Å². The maximum atomic E-state index is 13.4. The van der Waals surface area contributed by atoms with Gasteiger partial charge in [0.15, 0.2) is 0 Å². The van der Waals surface area contributed by atoms with Crippen LogP contribution in [0.4, 0.5) is 0 Å². The van der Waals surface area contributed by atoms with Gasteiger partial charge in [0.25, 0.3) is 0 Å². The summed E-state index contributed by atoms with van der Waals surface area (Å²) in [5, 5.41) is 4.28. The second-order valence-corrected chi connectivity index (χ2v) is 10.9. The molecule has 1 saturated heterocycles. The van der Waals surface area contributed by atoms with Crippen LogP contribution in [0, 0.1) is 13.8 Å². The van der Waals surface area contributed by atoms with Crippen LogP contribution in [0.3, 0.4) is 0 Å². The van der Waals surface area contributed by atoms with Crippen LogP contribution in [-0.4, -0.2) is 34.9 Å². The fraction of sp³-hybridized carbons (Fsp3) is 0.235. The smallest absolute Gasteiger partial charge is 0.225 e. The average Bonchev–Trinajstić information content (AvgIpc) is 3.35. The molecule has 202 valence electrons. The molecule has 1 fully saturated rings. The number of pyridine rings is 1. The molecule has 0 radical (unpaired) electrons. The number of nitrogens with two attached hydrogens (primary N) is 1. The third-order valence-corrected chi connectivity index (χ3v) is 7.73. The van der Waals surface area contributed by atoms with E-state index in [2.05, 4.69) is 71.5 Å². The van der Waals surface area contributed by atoms with E-state index in [0.717, 1.165) is 57.6 Å². The van der Waals surface area contributed by atoms with Crippen LogP contribution in [0.5, 0.6) is 0 Å². The molecule has 5 aromatic rings. The highest BCUT2D eigenvalue weighted by atomic mass is 16.3. The molecule has 0 saturated carbocycles. The summed E-state index contributed by atoms with van der Waals surface area (Å²) in [6.45, 7) is 5.82. The van der Waals surface area contributed by atoms with Gasteiger partial charge in [-0.15, -0.1) is 0 Å². The zero-order chi connectivity index (χ0) is 27.6. The quantitative estimate of drug-likeness (QED) is 0.272. The summed E-state index contributed by atoms with van der Waals surface area (Å²) in [4.78, 5) is 19.9. The molecule has 3 aromatic carbocycles. The van der Waals surface area contributed by atoms with Crippen molar-refractivity contribution in [1.29, 1.82) is 0 Å². The number of hydrogen-bond acceptors (Lipinski definition) is 5. The maximum absolute atomic E-state index is 13.4. The summed E-state index contributed by atoms with van der Waals surface area (Å²) in [6.07, 6.45) is 3.89. The number of nitrogens with one attached hydrogen (secondary N) is 1. The molecular weight excluding hydrogens is 496 g/mol. The molecule has 0 aliphatic carbocycles. The fourth-order valence-corrected chi connectivity index (χ4v) is 5.75. The van der Waals surface area contributed by atoms with Crippen LogP contribution in [0.15, 0.2) is 102 Å². The van der Waals surface area contributed by atoms with Crippen LogP contribution >= 0.6 is 0 Å². The van der Waals surface area contributed by atoms with Crippen LogP contribution in [0.1, 0.15) is 51.2 Å². The monoisotopic (exact) mass is 530 g/mol. The van der Waals surface area contributed by atoms with Crippen LogP contribution < -0.4 is 11.1 Å². The first-order chi connectivity index (χ1) is 19.4. The van der Waals surface area contributed by atoms with Crippen molar-refractivity contribution in [3.05, 3.63) is 136 Å². The lowest BCUT2D eigenvalue weighted by Crippen LogP contribution is -2.56. The fourth-order valence-electron chi connectivity index (χ4n) is 5.75. The van der Waals surface area contributed by atoms with Crippen LogP contribution in [0.2, 0.25) is 0 Å². The summed E-state index contributed by atoms with van der Waals surface area (Å²) in [7, 11) is 0. The predicted molar refractivity (Wildman–Crippen MR) is 158 cm³/mol. The Balaban J connectivity index is 1.24. The van der Waals surface area contributed by atoms with E-state index < -0.39 is 0 Å². The lowest BCUT2D eigenvalue weighted by Gasteiger charge is -2.42. The van der Waals surface area contributed by atoms with E-state index in [1.54, 1.807) is 0 Å². The van der Waals surface area contributed by atoms with E-state index in [-0.39, 0.29) is 30.5 Å². The minimum atomic E-state index is -0.220. The van der Waals surface area contributed by atoms with Gasteiger partial charge in [-0.25, -0.2) is 0 Å². The van der Waals surface area contributed by atoms with Gasteiger partial charge in [0.2, 0.25) is 5.91 Å². The highest BCUT2D eigenvalue weighted by molar-refractivity contribution is 5.83. The number of benzene rings is 3. The van der Waals surface area contributed by atoms with Gasteiger partial charge in [0, 0.05) is 36.9 Å². The number of aromatic nitrogens is 1. The number of carbonyl (C=O) groups is 1. The molecular formula is C34H34N4O2. The van der Waals surface area contributed by atoms with Crippen molar-refractivity contribution in [1.82, 2.24) is 15.2 Å². The number of carbonyl (C=O) groups excluding carboxylic acids is 1. The Hall–Kier alpha value is -4.26. The van der Waals surface area contributed by atoms with Gasteiger partial charge in [-0.3, -0.25) is 14.7 Å². The summed E-state index contributed by atoms with van der Waals surface area (Å²) < 4.78 is 6.34. The van der Waals surface area contributed by atoms with E-state index in [9.17, 15) is 4.79 Å². The number of rotatable bonds is 8. The van der Waals surface area contributed by atoms with Gasteiger partial charge in [-0.05, 0) is 72.0 Å². The Morgan fingerprint density at radius 2 is 1.75 bits per heavy atom. The standard InChI is InChI=1S/C34H34N4O2/c1-22-8-10-29(23(2)16-22)33(25-6-4-3-5-7-25)37-32(39)18-24-9-11-30-27(17-24)19-31(40-30)34(38-20-28(35)21-38)26-12-14-36-15-13-26/h3-17,19,28,33-34H,18,20-21,35H2,1-2H3,(H,37,39)/t33-,34?/m0/s1. The molecule has 1 amide bonds. The largest absolute Gasteiger partial charge is 0.459 e. The minimum Gasteiger partial charge on any atom is -0.459 e. The highest BCUT2D eigenvalue weighted by Crippen LogP contribution is 2.35. The number of furan rings is 1. The molecule has 2 aromatic heterocycles. The Morgan fingerprint density at radius 3 is 2.48 bits per heavy atom. The summed E-state index contributed by atoms with van der Waals surface area (Å²) in [6, 6.07) is 28.6.